The van der Waals surface area contributed by atoms with Gasteiger partial charge in [-0.1, -0.05) is 60.9 Å². The van der Waals surface area contributed by atoms with Crippen molar-refractivity contribution in [2.45, 2.75) is 33.1 Å². The molecule has 0 saturated carbocycles. The van der Waals surface area contributed by atoms with Gasteiger partial charge in [0.15, 0.2) is 10.9 Å². The van der Waals surface area contributed by atoms with Crippen molar-refractivity contribution in [3.8, 4) is 17.0 Å². The van der Waals surface area contributed by atoms with E-state index in [2.05, 4.69) is 22.5 Å². The van der Waals surface area contributed by atoms with Crippen LogP contribution in [0.1, 0.15) is 52.7 Å². The van der Waals surface area contributed by atoms with E-state index in [9.17, 15) is 9.59 Å². The van der Waals surface area contributed by atoms with E-state index >= 15 is 0 Å². The molecule has 2 aromatic heterocycles. The van der Waals surface area contributed by atoms with Crippen molar-refractivity contribution in [3.63, 3.8) is 0 Å². The van der Waals surface area contributed by atoms with E-state index in [1.54, 1.807) is 36.4 Å². The second-order valence-corrected chi connectivity index (χ2v) is 9.03. The highest BCUT2D eigenvalue weighted by atomic mass is 32.1. The molecule has 0 aliphatic rings. The van der Waals surface area contributed by atoms with E-state index < -0.39 is 0 Å². The van der Waals surface area contributed by atoms with E-state index in [-0.39, 0.29) is 17.6 Å². The third-order valence-corrected chi connectivity index (χ3v) is 6.16. The summed E-state index contributed by atoms with van der Waals surface area (Å²) < 4.78 is 10.9. The number of aryl methyl sites for hydroxylation is 1. The summed E-state index contributed by atoms with van der Waals surface area (Å²) in [5.74, 6) is 0.238. The topological polar surface area (TPSA) is 93.5 Å². The average Bonchev–Trinajstić information content (AvgIpc) is 3.53. The number of ether oxygens (including phenoxy) is 1. The first-order valence-corrected chi connectivity index (χ1v) is 12.3. The van der Waals surface area contributed by atoms with Gasteiger partial charge in [-0.25, -0.2) is 4.98 Å². The summed E-state index contributed by atoms with van der Waals surface area (Å²) in [7, 11) is 0. The van der Waals surface area contributed by atoms with Gasteiger partial charge in [-0.3, -0.25) is 14.9 Å². The van der Waals surface area contributed by atoms with Crippen LogP contribution in [0.2, 0.25) is 0 Å². The number of amides is 2. The molecular formula is C27H27N3O4S. The van der Waals surface area contributed by atoms with Crippen molar-refractivity contribution in [1.82, 2.24) is 4.98 Å². The lowest BCUT2D eigenvalue weighted by Crippen LogP contribution is -2.11. The summed E-state index contributed by atoms with van der Waals surface area (Å²) >= 11 is 1.18. The average molecular weight is 490 g/mol. The van der Waals surface area contributed by atoms with Crippen LogP contribution in [0.15, 0.2) is 71.3 Å². The first-order valence-electron chi connectivity index (χ1n) is 11.5. The number of unbranched alkanes of at least 4 members (excludes halogenated alkanes) is 2. The lowest BCUT2D eigenvalue weighted by atomic mass is 10.1. The summed E-state index contributed by atoms with van der Waals surface area (Å²) in [5, 5.41) is 6.58. The smallest absolute Gasteiger partial charge is 0.292 e. The molecule has 2 heterocycles. The molecule has 0 unspecified atom stereocenters. The Kier molecular flexibility index (Phi) is 7.95. The fourth-order valence-electron chi connectivity index (χ4n) is 3.35. The number of hydrogen-bond acceptors (Lipinski definition) is 6. The molecular weight excluding hydrogens is 462 g/mol. The van der Waals surface area contributed by atoms with Crippen LogP contribution in [0.25, 0.3) is 11.3 Å². The van der Waals surface area contributed by atoms with Crippen LogP contribution in [0, 0.1) is 6.92 Å². The van der Waals surface area contributed by atoms with E-state index in [0.29, 0.717) is 28.0 Å². The van der Waals surface area contributed by atoms with E-state index in [4.69, 9.17) is 9.15 Å². The highest BCUT2D eigenvalue weighted by Gasteiger charge is 2.19. The van der Waals surface area contributed by atoms with Crippen LogP contribution in [-0.2, 0) is 0 Å². The molecule has 0 spiro atoms. The second-order valence-electron chi connectivity index (χ2n) is 8.03. The highest BCUT2D eigenvalue weighted by molar-refractivity contribution is 7.20. The van der Waals surface area contributed by atoms with Crippen molar-refractivity contribution >= 4 is 33.3 Å². The molecule has 0 bridgehead atoms. The van der Waals surface area contributed by atoms with Crippen LogP contribution < -0.4 is 15.4 Å². The third kappa shape index (κ3) is 6.36. The number of rotatable bonds is 10. The van der Waals surface area contributed by atoms with Gasteiger partial charge in [0, 0.05) is 11.1 Å². The van der Waals surface area contributed by atoms with E-state index in [0.717, 1.165) is 36.1 Å². The zero-order valence-corrected chi connectivity index (χ0v) is 20.5. The quantitative estimate of drug-likeness (QED) is 0.239. The zero-order valence-electron chi connectivity index (χ0n) is 19.7. The maximum absolute atomic E-state index is 12.8. The number of hydrogen-bond donors (Lipinski definition) is 2. The van der Waals surface area contributed by atoms with E-state index in [1.807, 2.05) is 31.2 Å². The van der Waals surface area contributed by atoms with Crippen LogP contribution in [0.4, 0.5) is 10.1 Å². The van der Waals surface area contributed by atoms with Crippen LogP contribution in [0.3, 0.4) is 0 Å². The van der Waals surface area contributed by atoms with Crippen molar-refractivity contribution in [1.29, 1.82) is 0 Å². The van der Waals surface area contributed by atoms with Crippen molar-refractivity contribution in [3.05, 3.63) is 83.8 Å². The number of benzene rings is 2. The molecule has 0 atom stereocenters. The molecule has 4 aromatic rings. The zero-order chi connectivity index (χ0) is 24.6. The Morgan fingerprint density at radius 2 is 1.74 bits per heavy atom. The first-order chi connectivity index (χ1) is 17.0. The Balaban J connectivity index is 1.50. The Labute approximate surface area is 208 Å². The van der Waals surface area contributed by atoms with Gasteiger partial charge >= 0.3 is 0 Å². The Bertz CT molecular complexity index is 1260. The van der Waals surface area contributed by atoms with Gasteiger partial charge in [-0.15, -0.1) is 0 Å². The Hall–Kier alpha value is -3.91. The molecule has 0 aliphatic heterocycles. The fourth-order valence-corrected chi connectivity index (χ4v) is 4.23. The predicted molar refractivity (Wildman–Crippen MR) is 138 cm³/mol. The number of nitrogens with one attached hydrogen (secondary N) is 2. The Morgan fingerprint density at radius 3 is 2.43 bits per heavy atom. The van der Waals surface area contributed by atoms with Gasteiger partial charge in [0.25, 0.3) is 11.8 Å². The Morgan fingerprint density at radius 1 is 0.971 bits per heavy atom. The lowest BCUT2D eigenvalue weighted by molar-refractivity contribution is 0.0995. The molecule has 8 heteroatoms. The number of carbonyl (C=O) groups excluding carboxylic acids is 2. The summed E-state index contributed by atoms with van der Waals surface area (Å²) in [4.78, 5) is 30.0. The summed E-state index contributed by atoms with van der Waals surface area (Å²) in [6, 6.07) is 18.0. The standard InChI is InChI=1S/C27H27N3O4S/c1-3-4-5-16-33-21-14-12-20(13-15-21)24(31)30-27-28-23(19-10-8-18(2)9-11-19)26(35-27)29-25(32)22-7-6-17-34-22/h6-15,17H,3-5,16H2,1-2H3,(H,29,32)(H,28,30,31). The minimum Gasteiger partial charge on any atom is -0.494 e. The van der Waals surface area contributed by atoms with Crippen LogP contribution in [-0.4, -0.2) is 23.4 Å². The van der Waals surface area contributed by atoms with Gasteiger partial charge in [0.1, 0.15) is 16.4 Å². The molecule has 0 fully saturated rings. The van der Waals surface area contributed by atoms with Gasteiger partial charge in [0.2, 0.25) is 0 Å². The first kappa shape index (κ1) is 24.2. The third-order valence-electron chi connectivity index (χ3n) is 5.28. The monoisotopic (exact) mass is 489 g/mol. The molecule has 2 N–H and O–H groups in total. The highest BCUT2D eigenvalue weighted by Crippen LogP contribution is 2.36. The largest absolute Gasteiger partial charge is 0.494 e. The predicted octanol–water partition coefficient (Wildman–Crippen LogP) is 6.79. The van der Waals surface area contributed by atoms with Gasteiger partial charge in [0.05, 0.1) is 12.9 Å². The van der Waals surface area contributed by atoms with Gasteiger partial charge < -0.3 is 14.5 Å². The minimum atomic E-state index is -0.389. The molecule has 2 aromatic carbocycles. The van der Waals surface area contributed by atoms with Gasteiger partial charge in [-0.2, -0.15) is 0 Å². The molecule has 0 aliphatic carbocycles. The lowest BCUT2D eigenvalue weighted by Gasteiger charge is -2.07. The number of nitrogens with zero attached hydrogens (tertiary/aromatic N) is 1. The summed E-state index contributed by atoms with van der Waals surface area (Å²) in [5.41, 5.74) is 2.99. The number of thiazole rings is 1. The van der Waals surface area contributed by atoms with Crippen molar-refractivity contribution in [2.75, 3.05) is 17.2 Å². The molecule has 2 amide bonds. The summed E-state index contributed by atoms with van der Waals surface area (Å²) in [6.45, 7) is 4.81. The minimum absolute atomic E-state index is 0.191. The van der Waals surface area contributed by atoms with Crippen molar-refractivity contribution in [2.24, 2.45) is 0 Å². The maximum Gasteiger partial charge on any atom is 0.292 e. The molecule has 4 rings (SSSR count). The normalized spacial score (nSPS) is 10.7. The van der Waals surface area contributed by atoms with E-state index in [1.165, 1.54) is 17.6 Å². The molecule has 35 heavy (non-hydrogen) atoms. The fraction of sp³-hybridized carbons (Fsp3) is 0.222. The van der Waals surface area contributed by atoms with Crippen LogP contribution in [0.5, 0.6) is 5.75 Å². The van der Waals surface area contributed by atoms with Crippen LogP contribution >= 0.6 is 11.3 Å². The number of carbonyl (C=O) groups is 2. The molecule has 180 valence electrons. The van der Waals surface area contributed by atoms with Gasteiger partial charge in [-0.05, 0) is 49.7 Å². The molecule has 7 nitrogen and oxygen atoms in total. The SMILES string of the molecule is CCCCCOc1ccc(C(=O)Nc2nc(-c3ccc(C)cc3)c(NC(=O)c3ccco3)s2)cc1. The number of furan rings is 1. The number of anilines is 2. The summed E-state index contributed by atoms with van der Waals surface area (Å²) in [6.07, 6.45) is 4.71. The van der Waals surface area contributed by atoms with Crippen molar-refractivity contribution < 1.29 is 18.7 Å². The maximum atomic E-state index is 12.8. The second kappa shape index (κ2) is 11.5. The molecule has 0 saturated heterocycles. The number of aromatic nitrogens is 1. The molecule has 0 radical (unpaired) electrons.